The Bertz CT molecular complexity index is 1450. The molecule has 0 saturated heterocycles. The summed E-state index contributed by atoms with van der Waals surface area (Å²) in [6, 6.07) is 4.68. The number of alkyl halides is 6. The first-order valence-corrected chi connectivity index (χ1v) is 13.8. The van der Waals surface area contributed by atoms with Crippen molar-refractivity contribution in [3.8, 4) is 0 Å². The van der Waals surface area contributed by atoms with Crippen molar-refractivity contribution < 1.29 is 35.9 Å². The largest absolute Gasteiger partial charge is 0.443 e. The molecule has 1 aliphatic heterocycles. The number of aryl methyl sites for hydroxylation is 3. The molecule has 3 aromatic rings. The molecule has 0 N–H and O–H groups in total. The maximum Gasteiger partial charge on any atom is 0.416 e. The van der Waals surface area contributed by atoms with Crippen molar-refractivity contribution in [3.63, 3.8) is 0 Å². The molecule has 0 saturated carbocycles. The molecule has 1 aromatic heterocycles. The van der Waals surface area contributed by atoms with E-state index in [1.54, 1.807) is 25.7 Å². The number of fused-ring (bicyclic) bond motifs is 1. The van der Waals surface area contributed by atoms with Crippen molar-refractivity contribution in [1.82, 2.24) is 20.2 Å². The van der Waals surface area contributed by atoms with Gasteiger partial charge in [-0.15, -0.1) is 5.10 Å². The Morgan fingerprint density at radius 3 is 2.16 bits per heavy atom. The van der Waals surface area contributed by atoms with Gasteiger partial charge in [0.1, 0.15) is 5.60 Å². The number of amides is 1. The molecule has 1 amide bonds. The molecule has 0 fully saturated rings. The summed E-state index contributed by atoms with van der Waals surface area (Å²) >= 11 is 0. The van der Waals surface area contributed by atoms with Gasteiger partial charge in [0.2, 0.25) is 0 Å². The van der Waals surface area contributed by atoms with E-state index in [4.69, 9.17) is 4.74 Å². The number of hydrogen-bond donors (Lipinski definition) is 0. The van der Waals surface area contributed by atoms with Gasteiger partial charge in [0, 0.05) is 13.1 Å². The third-order valence-electron chi connectivity index (χ3n) is 7.12. The smallest absolute Gasteiger partial charge is 0.416 e. The fourth-order valence-electron chi connectivity index (χ4n) is 5.20. The molecule has 2 aromatic carbocycles. The number of ether oxygens (including phenoxy) is 1. The van der Waals surface area contributed by atoms with E-state index in [-0.39, 0.29) is 30.7 Å². The maximum atomic E-state index is 13.7. The summed E-state index contributed by atoms with van der Waals surface area (Å²) in [6.45, 7) is 9.04. The van der Waals surface area contributed by atoms with E-state index in [2.05, 4.69) is 15.4 Å². The zero-order valence-corrected chi connectivity index (χ0v) is 24.8. The summed E-state index contributed by atoms with van der Waals surface area (Å²) in [5, 5.41) is 12.2. The zero-order chi connectivity index (χ0) is 31.9. The van der Waals surface area contributed by atoms with E-state index < -0.39 is 41.2 Å². The minimum atomic E-state index is -5.00. The number of rotatable bonds is 5. The average Bonchev–Trinajstić information content (AvgIpc) is 3.22. The van der Waals surface area contributed by atoms with Crippen LogP contribution in [0, 0.1) is 6.92 Å². The first-order valence-electron chi connectivity index (χ1n) is 13.8. The Balaban J connectivity index is 1.89. The Kier molecular flexibility index (Phi) is 8.72. The van der Waals surface area contributed by atoms with Gasteiger partial charge in [-0.3, -0.25) is 4.90 Å². The lowest BCUT2D eigenvalue weighted by atomic mass is 9.93. The standard InChI is InChI=1S/C29H34F6N6O2/c1-7-19-14-22-23(9-8-10-40(24(22)11-17(19)2)26(42)43-27(3,4)5)41(25-36-38-39(6)37-25)16-18-12-20(28(30,31)32)15-21(13-18)29(33,34)35/h11-15,23H,7-10,16H2,1-6H3/t23-/m0/s1. The molecule has 1 atom stereocenters. The van der Waals surface area contributed by atoms with Crippen molar-refractivity contribution in [2.45, 2.75) is 84.4 Å². The lowest BCUT2D eigenvalue weighted by Crippen LogP contribution is -2.37. The monoisotopic (exact) mass is 612 g/mol. The van der Waals surface area contributed by atoms with Gasteiger partial charge < -0.3 is 9.64 Å². The predicted octanol–water partition coefficient (Wildman–Crippen LogP) is 7.40. The van der Waals surface area contributed by atoms with Gasteiger partial charge in [-0.25, -0.2) is 4.79 Å². The van der Waals surface area contributed by atoms with Crippen molar-refractivity contribution in [2.24, 2.45) is 7.05 Å². The fraction of sp³-hybridized carbons (Fsp3) is 0.517. The maximum absolute atomic E-state index is 13.7. The highest BCUT2D eigenvalue weighted by atomic mass is 19.4. The number of carbonyl (C=O) groups excluding carboxylic acids is 1. The number of aromatic nitrogens is 4. The highest BCUT2D eigenvalue weighted by Gasteiger charge is 2.38. The topological polar surface area (TPSA) is 76.4 Å². The summed E-state index contributed by atoms with van der Waals surface area (Å²) in [5.41, 5.74) is -0.728. The Labute approximate surface area is 245 Å². The van der Waals surface area contributed by atoms with Gasteiger partial charge >= 0.3 is 18.4 Å². The van der Waals surface area contributed by atoms with E-state index in [0.29, 0.717) is 42.6 Å². The normalized spacial score (nSPS) is 16.1. The van der Waals surface area contributed by atoms with Crippen LogP contribution in [0.4, 0.5) is 42.8 Å². The number of tetrazole rings is 1. The Morgan fingerprint density at radius 1 is 1.02 bits per heavy atom. The first kappa shape index (κ1) is 32.1. The van der Waals surface area contributed by atoms with Crippen LogP contribution in [0.25, 0.3) is 0 Å². The lowest BCUT2D eigenvalue weighted by molar-refractivity contribution is -0.143. The van der Waals surface area contributed by atoms with Crippen LogP contribution in [0.2, 0.25) is 0 Å². The van der Waals surface area contributed by atoms with E-state index >= 15 is 0 Å². The highest BCUT2D eigenvalue weighted by Crippen LogP contribution is 2.42. The number of anilines is 2. The number of hydrogen-bond acceptors (Lipinski definition) is 6. The predicted molar refractivity (Wildman–Crippen MR) is 148 cm³/mol. The molecule has 4 rings (SSSR count). The third kappa shape index (κ3) is 7.39. The Hall–Kier alpha value is -3.84. The summed E-state index contributed by atoms with van der Waals surface area (Å²) in [5.74, 6) is 0.0220. The third-order valence-corrected chi connectivity index (χ3v) is 7.12. The van der Waals surface area contributed by atoms with E-state index in [9.17, 15) is 31.1 Å². The van der Waals surface area contributed by atoms with Crippen molar-refractivity contribution in [2.75, 3.05) is 16.3 Å². The minimum Gasteiger partial charge on any atom is -0.443 e. The molecular formula is C29H34F6N6O2. The van der Waals surface area contributed by atoms with Crippen LogP contribution in [0.5, 0.6) is 0 Å². The molecule has 0 unspecified atom stereocenters. The molecule has 0 radical (unpaired) electrons. The quantitative estimate of drug-likeness (QED) is 0.280. The van der Waals surface area contributed by atoms with Crippen LogP contribution in [-0.2, 0) is 37.1 Å². The SMILES string of the molecule is CCc1cc2c(cc1C)N(C(=O)OC(C)(C)C)CCC[C@@H]2N(Cc1cc(C(F)(F)F)cc(C(F)(F)F)c1)c1nnn(C)n1. The van der Waals surface area contributed by atoms with Crippen LogP contribution in [-0.4, -0.2) is 38.4 Å². The number of nitrogens with zero attached hydrogens (tertiary/aromatic N) is 6. The molecule has 8 nitrogen and oxygen atoms in total. The van der Waals surface area contributed by atoms with Crippen LogP contribution < -0.4 is 9.80 Å². The molecule has 1 aliphatic rings. The van der Waals surface area contributed by atoms with Gasteiger partial charge in [0.25, 0.3) is 5.95 Å². The summed E-state index contributed by atoms with van der Waals surface area (Å²) in [6.07, 6.45) is -9.06. The fourth-order valence-corrected chi connectivity index (χ4v) is 5.20. The average molecular weight is 613 g/mol. The van der Waals surface area contributed by atoms with Gasteiger partial charge in [-0.1, -0.05) is 18.1 Å². The van der Waals surface area contributed by atoms with E-state index in [0.717, 1.165) is 15.9 Å². The van der Waals surface area contributed by atoms with E-state index in [1.807, 2.05) is 26.0 Å². The second kappa shape index (κ2) is 11.7. The Morgan fingerprint density at radius 2 is 1.65 bits per heavy atom. The summed E-state index contributed by atoms with van der Waals surface area (Å²) in [4.78, 5) is 17.6. The molecule has 0 bridgehead atoms. The highest BCUT2D eigenvalue weighted by molar-refractivity contribution is 5.89. The van der Waals surface area contributed by atoms with E-state index in [1.165, 1.54) is 11.9 Å². The van der Waals surface area contributed by atoms with Gasteiger partial charge in [-0.2, -0.15) is 31.1 Å². The number of carbonyl (C=O) groups is 1. The van der Waals surface area contributed by atoms with Crippen molar-refractivity contribution in [1.29, 1.82) is 0 Å². The van der Waals surface area contributed by atoms with Crippen LogP contribution >= 0.6 is 0 Å². The molecule has 0 spiro atoms. The lowest BCUT2D eigenvalue weighted by Gasteiger charge is -2.33. The molecule has 14 heteroatoms. The minimum absolute atomic E-state index is 0.0220. The number of benzene rings is 2. The van der Waals surface area contributed by atoms with Crippen LogP contribution in [0.15, 0.2) is 30.3 Å². The molecule has 0 aliphatic carbocycles. The molecule has 2 heterocycles. The van der Waals surface area contributed by atoms with Crippen molar-refractivity contribution in [3.05, 3.63) is 63.7 Å². The van der Waals surface area contributed by atoms with Crippen LogP contribution in [0.3, 0.4) is 0 Å². The van der Waals surface area contributed by atoms with Gasteiger partial charge in [0.05, 0.1) is 29.9 Å². The molecule has 43 heavy (non-hydrogen) atoms. The van der Waals surface area contributed by atoms with Gasteiger partial charge in [-0.05, 0) is 98.7 Å². The number of halogens is 6. The summed E-state index contributed by atoms with van der Waals surface area (Å²) in [7, 11) is 1.50. The zero-order valence-electron chi connectivity index (χ0n) is 24.8. The second-order valence-electron chi connectivity index (χ2n) is 11.6. The molecular weight excluding hydrogens is 578 g/mol. The molecule has 234 valence electrons. The first-order chi connectivity index (χ1) is 19.9. The summed E-state index contributed by atoms with van der Waals surface area (Å²) < 4.78 is 87.8. The van der Waals surface area contributed by atoms with Gasteiger partial charge in [0.15, 0.2) is 0 Å². The second-order valence-corrected chi connectivity index (χ2v) is 11.6. The van der Waals surface area contributed by atoms with Crippen molar-refractivity contribution >= 4 is 17.7 Å². The van der Waals surface area contributed by atoms with Crippen LogP contribution in [0.1, 0.15) is 80.0 Å².